The van der Waals surface area contributed by atoms with Gasteiger partial charge in [-0.1, -0.05) is 109 Å². The zero-order valence-electron chi connectivity index (χ0n) is 23.4. The minimum atomic E-state index is 1.06. The molecule has 2 nitrogen and oxygen atoms in total. The lowest BCUT2D eigenvalue weighted by molar-refractivity contribution is 1.01. The van der Waals surface area contributed by atoms with Crippen LogP contribution in [0.5, 0.6) is 0 Å². The molecule has 0 bridgehead atoms. The van der Waals surface area contributed by atoms with Crippen molar-refractivity contribution in [1.29, 1.82) is 0 Å². The van der Waals surface area contributed by atoms with Gasteiger partial charge in [0.25, 0.3) is 0 Å². The monoisotopic (exact) mass is 538 g/mol. The molecule has 0 amide bonds. The minimum absolute atomic E-state index is 1.06. The molecule has 3 aliphatic carbocycles. The molecule has 3 aliphatic rings. The first-order valence-corrected chi connectivity index (χ1v) is 15.1. The molecule has 0 radical (unpaired) electrons. The number of nitrogens with zero attached hydrogens (tertiary/aromatic N) is 2. The van der Waals surface area contributed by atoms with Gasteiger partial charge in [-0.2, -0.15) is 0 Å². The molecule has 0 atom stereocenters. The second-order valence-corrected chi connectivity index (χ2v) is 11.5. The van der Waals surface area contributed by atoms with Gasteiger partial charge in [0.15, 0.2) is 0 Å². The van der Waals surface area contributed by atoms with Gasteiger partial charge >= 0.3 is 0 Å². The Morgan fingerprint density at radius 2 is 0.810 bits per heavy atom. The lowest BCUT2D eigenvalue weighted by Crippen LogP contribution is -2.05. The SMILES string of the molecule is C1=CC(n2c3c(c4ccccc42)-c2ccccc2-c2c(c4ccccc4n2C2=CCCC=C2)-c2ccccc2-3)=CCC1. The molecule has 0 saturated heterocycles. The van der Waals surface area contributed by atoms with Crippen molar-refractivity contribution in [3.63, 3.8) is 0 Å². The third kappa shape index (κ3) is 3.27. The smallest absolute Gasteiger partial charge is 0.0625 e. The van der Waals surface area contributed by atoms with Crippen molar-refractivity contribution in [1.82, 2.24) is 9.13 Å². The first-order valence-electron chi connectivity index (χ1n) is 15.1. The van der Waals surface area contributed by atoms with Gasteiger partial charge in [0, 0.05) is 44.4 Å². The maximum atomic E-state index is 2.52. The number of hydrogen-bond donors (Lipinski definition) is 0. The van der Waals surface area contributed by atoms with Crippen LogP contribution in [0.3, 0.4) is 0 Å². The Kier molecular flexibility index (Phi) is 5.18. The molecule has 4 aromatic carbocycles. The van der Waals surface area contributed by atoms with E-state index in [1.165, 1.54) is 78.0 Å². The summed E-state index contributed by atoms with van der Waals surface area (Å²) in [6, 6.07) is 36.1. The number of rotatable bonds is 2. The average molecular weight is 539 g/mol. The molecule has 2 aromatic heterocycles. The molecule has 0 N–H and O–H groups in total. The third-order valence-corrected chi connectivity index (χ3v) is 9.12. The van der Waals surface area contributed by atoms with E-state index < -0.39 is 0 Å². The van der Waals surface area contributed by atoms with Gasteiger partial charge in [-0.3, -0.25) is 0 Å². The van der Waals surface area contributed by atoms with Crippen LogP contribution in [0.1, 0.15) is 25.7 Å². The molecule has 6 aromatic rings. The van der Waals surface area contributed by atoms with Crippen LogP contribution in [-0.2, 0) is 0 Å². The van der Waals surface area contributed by atoms with Crippen molar-refractivity contribution < 1.29 is 0 Å². The molecule has 200 valence electrons. The fraction of sp³-hybridized carbons (Fsp3) is 0.100. The predicted octanol–water partition coefficient (Wildman–Crippen LogP) is 11.0. The first-order chi connectivity index (χ1) is 20.9. The Labute approximate surface area is 245 Å². The largest absolute Gasteiger partial charge is 0.309 e. The highest BCUT2D eigenvalue weighted by Gasteiger charge is 2.32. The molecule has 0 saturated carbocycles. The lowest BCUT2D eigenvalue weighted by atomic mass is 9.84. The number of benzene rings is 4. The summed E-state index contributed by atoms with van der Waals surface area (Å²) in [5.74, 6) is 0. The highest BCUT2D eigenvalue weighted by molar-refractivity contribution is 6.17. The highest BCUT2D eigenvalue weighted by atomic mass is 15.0. The third-order valence-electron chi connectivity index (χ3n) is 9.12. The van der Waals surface area contributed by atoms with Crippen LogP contribution in [0.4, 0.5) is 0 Å². The zero-order chi connectivity index (χ0) is 27.6. The Morgan fingerprint density at radius 1 is 0.405 bits per heavy atom. The summed E-state index contributed by atoms with van der Waals surface area (Å²) >= 11 is 0. The van der Waals surface area contributed by atoms with E-state index in [1.807, 2.05) is 0 Å². The van der Waals surface area contributed by atoms with Crippen molar-refractivity contribution in [3.05, 3.63) is 134 Å². The van der Waals surface area contributed by atoms with Gasteiger partial charge < -0.3 is 9.13 Å². The van der Waals surface area contributed by atoms with Crippen molar-refractivity contribution >= 4 is 33.2 Å². The molecule has 0 aliphatic heterocycles. The number of hydrogen-bond acceptors (Lipinski definition) is 0. The summed E-state index contributed by atoms with van der Waals surface area (Å²) in [7, 11) is 0. The Morgan fingerprint density at radius 3 is 1.24 bits per heavy atom. The van der Waals surface area contributed by atoms with E-state index >= 15 is 0 Å². The van der Waals surface area contributed by atoms with Crippen LogP contribution in [0.25, 0.3) is 78.0 Å². The van der Waals surface area contributed by atoms with Gasteiger partial charge in [-0.05, 0) is 61.1 Å². The van der Waals surface area contributed by atoms with Crippen LogP contribution in [0.15, 0.2) is 134 Å². The summed E-state index contributed by atoms with van der Waals surface area (Å²) in [4.78, 5) is 0. The van der Waals surface area contributed by atoms with E-state index in [2.05, 4.69) is 143 Å². The Bertz CT molecular complexity index is 2030. The Hall–Kier alpha value is -5.08. The highest BCUT2D eigenvalue weighted by Crippen LogP contribution is 2.54. The second-order valence-electron chi connectivity index (χ2n) is 11.5. The summed E-state index contributed by atoms with van der Waals surface area (Å²) < 4.78 is 5.04. The van der Waals surface area contributed by atoms with Crippen LogP contribution >= 0.6 is 0 Å². The summed E-state index contributed by atoms with van der Waals surface area (Å²) in [5, 5.41) is 2.58. The van der Waals surface area contributed by atoms with Crippen LogP contribution < -0.4 is 0 Å². The van der Waals surface area contributed by atoms with Crippen LogP contribution in [-0.4, -0.2) is 9.13 Å². The van der Waals surface area contributed by atoms with Crippen molar-refractivity contribution in [2.24, 2.45) is 0 Å². The molecule has 9 rings (SSSR count). The fourth-order valence-corrected chi connectivity index (χ4v) is 7.42. The van der Waals surface area contributed by atoms with Crippen LogP contribution in [0.2, 0.25) is 0 Å². The summed E-state index contributed by atoms with van der Waals surface area (Å²) in [6.07, 6.45) is 18.4. The van der Waals surface area contributed by atoms with Gasteiger partial charge in [0.1, 0.15) is 0 Å². The summed E-state index contributed by atoms with van der Waals surface area (Å²) in [6.45, 7) is 0. The zero-order valence-corrected chi connectivity index (χ0v) is 23.4. The first kappa shape index (κ1) is 23.6. The van der Waals surface area contributed by atoms with E-state index in [-0.39, 0.29) is 0 Å². The maximum absolute atomic E-state index is 2.52. The molecule has 2 heterocycles. The van der Waals surface area contributed by atoms with Crippen molar-refractivity contribution in [3.8, 4) is 44.8 Å². The van der Waals surface area contributed by atoms with Gasteiger partial charge in [-0.15, -0.1) is 0 Å². The normalized spacial score (nSPS) is 15.3. The average Bonchev–Trinajstić information content (AvgIpc) is 3.58. The molecule has 2 heteroatoms. The Balaban J connectivity index is 1.53. The molecule has 0 unspecified atom stereocenters. The standard InChI is InChI=1S/C40H30N2/c1-3-15-27(16-4-1)41-35-25-13-11-23-33(35)37-30-20-8-10-22-32(30)40-38(29-19-7-9-21-31(29)39(37)41)34-24-12-14-26-36(34)42(40)28-17-5-2-6-18-28/h3,5,7-26H,1-2,4,6H2. The molecular weight excluding hydrogens is 508 g/mol. The van der Waals surface area contributed by atoms with Gasteiger partial charge in [0.05, 0.1) is 22.4 Å². The molecule has 42 heavy (non-hydrogen) atoms. The predicted molar refractivity (Wildman–Crippen MR) is 178 cm³/mol. The molecular formula is C40H30N2. The fourth-order valence-electron chi connectivity index (χ4n) is 7.42. The van der Waals surface area contributed by atoms with Crippen molar-refractivity contribution in [2.45, 2.75) is 25.7 Å². The number of allylic oxidation sites excluding steroid dienone is 8. The lowest BCUT2D eigenvalue weighted by Gasteiger charge is -2.24. The van der Waals surface area contributed by atoms with E-state index in [1.54, 1.807) is 0 Å². The van der Waals surface area contributed by atoms with E-state index in [4.69, 9.17) is 0 Å². The van der Waals surface area contributed by atoms with Gasteiger partial charge in [-0.25, -0.2) is 0 Å². The van der Waals surface area contributed by atoms with E-state index in [9.17, 15) is 0 Å². The quantitative estimate of drug-likeness (QED) is 0.207. The molecule has 0 fully saturated rings. The topological polar surface area (TPSA) is 9.86 Å². The van der Waals surface area contributed by atoms with E-state index in [0.29, 0.717) is 0 Å². The van der Waals surface area contributed by atoms with Crippen molar-refractivity contribution in [2.75, 3.05) is 0 Å². The minimum Gasteiger partial charge on any atom is -0.309 e. The second kappa shape index (κ2) is 9.22. The number of aromatic nitrogens is 2. The number of fused-ring (bicyclic) bond motifs is 12. The number of para-hydroxylation sites is 2. The summed E-state index contributed by atoms with van der Waals surface area (Å²) in [5.41, 5.74) is 15.3. The molecule has 0 spiro atoms. The van der Waals surface area contributed by atoms with E-state index in [0.717, 1.165) is 25.7 Å². The van der Waals surface area contributed by atoms with Gasteiger partial charge in [0.2, 0.25) is 0 Å². The maximum Gasteiger partial charge on any atom is 0.0625 e. The van der Waals surface area contributed by atoms with Crippen LogP contribution in [0, 0.1) is 0 Å².